The normalized spacial score (nSPS) is 35.6. The molecule has 2 saturated carbocycles. The van der Waals surface area contributed by atoms with Gasteiger partial charge in [0.05, 0.1) is 6.10 Å². The molecule has 1 amide bonds. The van der Waals surface area contributed by atoms with Crippen LogP contribution in [0.5, 0.6) is 0 Å². The third-order valence-corrected chi connectivity index (χ3v) is 5.99. The van der Waals surface area contributed by atoms with Gasteiger partial charge in [0.2, 0.25) is 5.91 Å². The molecule has 2 aliphatic carbocycles. The summed E-state index contributed by atoms with van der Waals surface area (Å²) in [5.41, 5.74) is 2.91. The molecule has 4 heteroatoms. The van der Waals surface area contributed by atoms with Gasteiger partial charge in [0, 0.05) is 13.0 Å². The summed E-state index contributed by atoms with van der Waals surface area (Å²) in [4.78, 5) is 11.0. The Labute approximate surface area is 116 Å². The van der Waals surface area contributed by atoms with Crippen LogP contribution in [0.2, 0.25) is 0 Å². The maximum atomic E-state index is 11.0. The van der Waals surface area contributed by atoms with E-state index in [1.807, 2.05) is 0 Å². The number of carbonyl (C=O) groups excluding carboxylic acids is 1. The highest BCUT2D eigenvalue weighted by atomic mass is 16.5. The Balaban J connectivity index is 1.72. The zero-order valence-corrected chi connectivity index (χ0v) is 12.5. The van der Waals surface area contributed by atoms with Crippen molar-refractivity contribution in [2.75, 3.05) is 6.61 Å². The first kappa shape index (κ1) is 14.8. The molecule has 0 spiro atoms. The van der Waals surface area contributed by atoms with Crippen LogP contribution >= 0.6 is 0 Å². The number of rotatable bonds is 6. The van der Waals surface area contributed by atoms with E-state index in [-0.39, 0.29) is 5.91 Å². The van der Waals surface area contributed by atoms with Crippen molar-refractivity contribution >= 4 is 5.91 Å². The van der Waals surface area contributed by atoms with E-state index < -0.39 is 0 Å². The summed E-state index contributed by atoms with van der Waals surface area (Å²) in [6.45, 7) is 7.96. The van der Waals surface area contributed by atoms with E-state index in [4.69, 9.17) is 10.6 Å². The summed E-state index contributed by atoms with van der Waals surface area (Å²) >= 11 is 0. The topological polar surface area (TPSA) is 64.3 Å². The fourth-order valence-corrected chi connectivity index (χ4v) is 4.07. The van der Waals surface area contributed by atoms with Gasteiger partial charge in [-0.05, 0) is 48.9 Å². The number of hydrazine groups is 1. The van der Waals surface area contributed by atoms with E-state index in [1.54, 1.807) is 0 Å². The number of nitrogens with one attached hydrogen (secondary N) is 1. The largest absolute Gasteiger partial charge is 0.378 e. The molecular formula is C15H28N2O2. The van der Waals surface area contributed by atoms with Gasteiger partial charge in [-0.3, -0.25) is 10.2 Å². The van der Waals surface area contributed by atoms with Crippen molar-refractivity contribution in [3.63, 3.8) is 0 Å². The maximum Gasteiger partial charge on any atom is 0.233 e. The molecule has 0 aromatic carbocycles. The summed E-state index contributed by atoms with van der Waals surface area (Å²) in [7, 11) is 0. The number of hydrogen-bond donors (Lipinski definition) is 2. The van der Waals surface area contributed by atoms with Gasteiger partial charge in [0.25, 0.3) is 0 Å². The smallest absolute Gasteiger partial charge is 0.233 e. The number of nitrogens with two attached hydrogens (primary N) is 1. The van der Waals surface area contributed by atoms with Crippen molar-refractivity contribution in [3.05, 3.63) is 0 Å². The molecule has 19 heavy (non-hydrogen) atoms. The number of hydrogen-bond acceptors (Lipinski definition) is 3. The second kappa shape index (κ2) is 5.41. The molecule has 3 N–H and O–H groups in total. The van der Waals surface area contributed by atoms with Gasteiger partial charge in [-0.25, -0.2) is 5.84 Å². The van der Waals surface area contributed by atoms with Crippen LogP contribution in [0.4, 0.5) is 0 Å². The van der Waals surface area contributed by atoms with Crippen LogP contribution in [0.3, 0.4) is 0 Å². The maximum absolute atomic E-state index is 11.0. The third-order valence-electron chi connectivity index (χ3n) is 5.99. The molecule has 110 valence electrons. The fourth-order valence-electron chi connectivity index (χ4n) is 4.07. The van der Waals surface area contributed by atoms with E-state index >= 15 is 0 Å². The standard InChI is InChI=1S/C15H28N2O2/c1-14(2)11-7-8-15(14,3)12(10-11)19-9-5-4-6-13(18)17-16/h11-12H,4-10,16H2,1-3H3,(H,17,18). The van der Waals surface area contributed by atoms with Gasteiger partial charge in [-0.1, -0.05) is 20.8 Å². The molecular weight excluding hydrogens is 240 g/mol. The van der Waals surface area contributed by atoms with Crippen molar-refractivity contribution in [1.29, 1.82) is 0 Å². The molecule has 2 aliphatic rings. The minimum Gasteiger partial charge on any atom is -0.378 e. The molecule has 2 rings (SSSR count). The lowest BCUT2D eigenvalue weighted by Crippen LogP contribution is -2.37. The van der Waals surface area contributed by atoms with Crippen molar-refractivity contribution in [1.82, 2.24) is 5.43 Å². The second-order valence-corrected chi connectivity index (χ2v) is 6.99. The summed E-state index contributed by atoms with van der Waals surface area (Å²) in [6.07, 6.45) is 6.56. The monoisotopic (exact) mass is 268 g/mol. The number of ether oxygens (including phenoxy) is 1. The van der Waals surface area contributed by atoms with Crippen LogP contribution < -0.4 is 11.3 Å². The molecule has 0 radical (unpaired) electrons. The van der Waals surface area contributed by atoms with Crippen LogP contribution in [0.1, 0.15) is 59.3 Å². The van der Waals surface area contributed by atoms with Gasteiger partial charge < -0.3 is 4.74 Å². The second-order valence-electron chi connectivity index (χ2n) is 6.99. The van der Waals surface area contributed by atoms with E-state index in [1.165, 1.54) is 19.3 Å². The Morgan fingerprint density at radius 3 is 2.63 bits per heavy atom. The Kier molecular flexibility index (Phi) is 4.21. The van der Waals surface area contributed by atoms with Crippen molar-refractivity contribution in [3.8, 4) is 0 Å². The summed E-state index contributed by atoms with van der Waals surface area (Å²) in [5.74, 6) is 5.78. The zero-order valence-electron chi connectivity index (χ0n) is 12.5. The van der Waals surface area contributed by atoms with Gasteiger partial charge in [0.15, 0.2) is 0 Å². The van der Waals surface area contributed by atoms with Crippen molar-refractivity contribution in [2.45, 2.75) is 65.4 Å². The van der Waals surface area contributed by atoms with Gasteiger partial charge in [-0.15, -0.1) is 0 Å². The lowest BCUT2D eigenvalue weighted by atomic mass is 9.70. The molecule has 0 aliphatic heterocycles. The highest BCUT2D eigenvalue weighted by molar-refractivity contribution is 5.75. The third kappa shape index (κ3) is 2.52. The Morgan fingerprint density at radius 2 is 2.11 bits per heavy atom. The molecule has 2 bridgehead atoms. The van der Waals surface area contributed by atoms with Crippen LogP contribution in [-0.2, 0) is 9.53 Å². The first-order valence-corrected chi connectivity index (χ1v) is 7.53. The first-order chi connectivity index (χ1) is 8.91. The van der Waals surface area contributed by atoms with Crippen LogP contribution in [0, 0.1) is 16.7 Å². The predicted octanol–water partition coefficient (Wildman–Crippen LogP) is 2.38. The Morgan fingerprint density at radius 1 is 1.37 bits per heavy atom. The van der Waals surface area contributed by atoms with Crippen molar-refractivity contribution < 1.29 is 9.53 Å². The molecule has 3 unspecified atom stereocenters. The summed E-state index contributed by atoms with van der Waals surface area (Å²) in [6, 6.07) is 0. The molecule has 0 saturated heterocycles. The number of amides is 1. The van der Waals surface area contributed by atoms with E-state index in [9.17, 15) is 4.79 Å². The molecule has 0 heterocycles. The molecule has 3 atom stereocenters. The quantitative estimate of drug-likeness (QED) is 0.336. The lowest BCUT2D eigenvalue weighted by Gasteiger charge is -2.38. The summed E-state index contributed by atoms with van der Waals surface area (Å²) < 4.78 is 6.13. The van der Waals surface area contributed by atoms with Gasteiger partial charge in [-0.2, -0.15) is 0 Å². The summed E-state index contributed by atoms with van der Waals surface area (Å²) in [5, 5.41) is 0. The van der Waals surface area contributed by atoms with Gasteiger partial charge in [0.1, 0.15) is 0 Å². The number of carbonyl (C=O) groups is 1. The van der Waals surface area contributed by atoms with Crippen LogP contribution in [0.15, 0.2) is 0 Å². The zero-order chi connectivity index (χ0) is 14.1. The van der Waals surface area contributed by atoms with Gasteiger partial charge >= 0.3 is 0 Å². The molecule has 0 aromatic heterocycles. The number of unbranched alkanes of at least 4 members (excludes halogenated alkanes) is 1. The minimum atomic E-state index is -0.0898. The van der Waals surface area contributed by atoms with E-state index in [2.05, 4.69) is 26.2 Å². The minimum absolute atomic E-state index is 0.0898. The van der Waals surface area contributed by atoms with Crippen LogP contribution in [-0.4, -0.2) is 18.6 Å². The average molecular weight is 268 g/mol. The van der Waals surface area contributed by atoms with Crippen molar-refractivity contribution in [2.24, 2.45) is 22.6 Å². The first-order valence-electron chi connectivity index (χ1n) is 7.53. The highest BCUT2D eigenvalue weighted by Gasteiger charge is 2.61. The van der Waals surface area contributed by atoms with E-state index in [0.29, 0.717) is 23.4 Å². The molecule has 2 fully saturated rings. The molecule has 4 nitrogen and oxygen atoms in total. The average Bonchev–Trinajstić information content (AvgIpc) is 2.71. The molecule has 0 aromatic rings. The van der Waals surface area contributed by atoms with E-state index in [0.717, 1.165) is 25.4 Å². The SMILES string of the molecule is CC1(C)C2CCC1(C)C(OCCCCC(=O)NN)C2. The predicted molar refractivity (Wildman–Crippen MR) is 75.2 cm³/mol. The lowest BCUT2D eigenvalue weighted by molar-refractivity contribution is -0.121. The van der Waals surface area contributed by atoms with Crippen LogP contribution in [0.25, 0.3) is 0 Å². The highest BCUT2D eigenvalue weighted by Crippen LogP contribution is 2.66. The fraction of sp³-hybridized carbons (Fsp3) is 0.933. The Hall–Kier alpha value is -0.610. The number of fused-ring (bicyclic) bond motifs is 2. The Bertz CT molecular complexity index is 343.